The molecule has 0 aliphatic heterocycles. The standard InChI is InChI=1S/C13H18Br2O/c1-3-10(4-2)9-16-12-5-6-13(15)11(7-12)8-14/h5-7,10H,3-4,8-9H2,1-2H3. The molecule has 0 unspecified atom stereocenters. The molecule has 3 heteroatoms. The molecule has 0 heterocycles. The first kappa shape index (κ1) is 14.0. The van der Waals surface area contributed by atoms with E-state index in [4.69, 9.17) is 4.74 Å². The molecule has 0 aliphatic rings. The molecule has 90 valence electrons. The molecule has 0 fully saturated rings. The van der Waals surface area contributed by atoms with Crippen molar-refractivity contribution in [3.8, 4) is 5.75 Å². The van der Waals surface area contributed by atoms with Gasteiger partial charge in [0.2, 0.25) is 0 Å². The molecule has 0 radical (unpaired) electrons. The summed E-state index contributed by atoms with van der Waals surface area (Å²) in [4.78, 5) is 0. The minimum absolute atomic E-state index is 0.663. The highest BCUT2D eigenvalue weighted by Gasteiger charge is 2.06. The first-order valence-corrected chi connectivity index (χ1v) is 7.59. The number of halogens is 2. The van der Waals surface area contributed by atoms with Crippen LogP contribution >= 0.6 is 31.9 Å². The summed E-state index contributed by atoms with van der Waals surface area (Å²) in [6.07, 6.45) is 2.36. The largest absolute Gasteiger partial charge is 0.493 e. The van der Waals surface area contributed by atoms with Gasteiger partial charge < -0.3 is 4.74 Å². The van der Waals surface area contributed by atoms with Gasteiger partial charge in [-0.15, -0.1) is 0 Å². The summed E-state index contributed by atoms with van der Waals surface area (Å²) in [7, 11) is 0. The Morgan fingerprint density at radius 3 is 2.50 bits per heavy atom. The van der Waals surface area contributed by atoms with Gasteiger partial charge in [-0.05, 0) is 29.7 Å². The number of hydrogen-bond donors (Lipinski definition) is 0. The highest BCUT2D eigenvalue weighted by Crippen LogP contribution is 2.25. The molecule has 0 atom stereocenters. The summed E-state index contributed by atoms with van der Waals surface area (Å²) < 4.78 is 6.93. The third kappa shape index (κ3) is 4.10. The predicted octanol–water partition coefficient (Wildman–Crippen LogP) is 5.16. The third-order valence-electron chi connectivity index (χ3n) is 2.80. The molecule has 1 rings (SSSR count). The Bertz CT molecular complexity index is 322. The molecule has 0 aromatic heterocycles. The van der Waals surface area contributed by atoms with Gasteiger partial charge in [-0.1, -0.05) is 58.5 Å². The van der Waals surface area contributed by atoms with Crippen LogP contribution in [0.1, 0.15) is 32.3 Å². The maximum atomic E-state index is 5.81. The number of benzene rings is 1. The Morgan fingerprint density at radius 1 is 1.25 bits per heavy atom. The molecule has 1 aromatic carbocycles. The molecule has 0 aliphatic carbocycles. The van der Waals surface area contributed by atoms with E-state index in [9.17, 15) is 0 Å². The molecule has 0 saturated heterocycles. The SMILES string of the molecule is CCC(CC)COc1ccc(Br)c(CBr)c1. The van der Waals surface area contributed by atoms with Gasteiger partial charge in [0.25, 0.3) is 0 Å². The quantitative estimate of drug-likeness (QED) is 0.644. The lowest BCUT2D eigenvalue weighted by atomic mass is 10.1. The normalized spacial score (nSPS) is 10.8. The maximum Gasteiger partial charge on any atom is 0.119 e. The summed E-state index contributed by atoms with van der Waals surface area (Å²) >= 11 is 6.98. The molecule has 0 bridgehead atoms. The lowest BCUT2D eigenvalue weighted by Crippen LogP contribution is -2.10. The van der Waals surface area contributed by atoms with Crippen LogP contribution in [0.4, 0.5) is 0 Å². The molecule has 0 saturated carbocycles. The Kier molecular flexibility index (Phi) is 6.44. The van der Waals surface area contributed by atoms with E-state index in [1.807, 2.05) is 12.1 Å². The fourth-order valence-electron chi connectivity index (χ4n) is 1.48. The zero-order chi connectivity index (χ0) is 12.0. The first-order chi connectivity index (χ1) is 7.71. The van der Waals surface area contributed by atoms with Crippen molar-refractivity contribution in [2.24, 2.45) is 5.92 Å². The average Bonchev–Trinajstić information content (AvgIpc) is 2.32. The molecule has 1 nitrogen and oxygen atoms in total. The summed E-state index contributed by atoms with van der Waals surface area (Å²) in [6, 6.07) is 6.14. The van der Waals surface area contributed by atoms with Gasteiger partial charge in [-0.2, -0.15) is 0 Å². The smallest absolute Gasteiger partial charge is 0.119 e. The maximum absolute atomic E-state index is 5.81. The minimum Gasteiger partial charge on any atom is -0.493 e. The van der Waals surface area contributed by atoms with Gasteiger partial charge in [-0.3, -0.25) is 0 Å². The van der Waals surface area contributed by atoms with Gasteiger partial charge in [0.1, 0.15) is 5.75 Å². The van der Waals surface area contributed by atoms with Crippen LogP contribution in [0.25, 0.3) is 0 Å². The molecular formula is C13H18Br2O. The Hall–Kier alpha value is -0.0200. The van der Waals surface area contributed by atoms with Crippen LogP contribution in [-0.4, -0.2) is 6.61 Å². The fraction of sp³-hybridized carbons (Fsp3) is 0.538. The van der Waals surface area contributed by atoms with Gasteiger partial charge >= 0.3 is 0 Å². The van der Waals surface area contributed by atoms with Crippen LogP contribution in [0, 0.1) is 5.92 Å². The first-order valence-electron chi connectivity index (χ1n) is 5.68. The van der Waals surface area contributed by atoms with E-state index in [1.54, 1.807) is 0 Å². The second-order valence-corrected chi connectivity index (χ2v) is 5.30. The third-order valence-corrected chi connectivity index (χ3v) is 4.18. The van der Waals surface area contributed by atoms with E-state index in [1.165, 1.54) is 18.4 Å². The van der Waals surface area contributed by atoms with Crippen LogP contribution in [-0.2, 0) is 5.33 Å². The molecule has 16 heavy (non-hydrogen) atoms. The van der Waals surface area contributed by atoms with Crippen molar-refractivity contribution >= 4 is 31.9 Å². The summed E-state index contributed by atoms with van der Waals surface area (Å²) in [5, 5.41) is 0.843. The van der Waals surface area contributed by atoms with Crippen LogP contribution in [0.2, 0.25) is 0 Å². The van der Waals surface area contributed by atoms with Gasteiger partial charge in [-0.25, -0.2) is 0 Å². The zero-order valence-corrected chi connectivity index (χ0v) is 13.0. The topological polar surface area (TPSA) is 9.23 Å². The highest BCUT2D eigenvalue weighted by molar-refractivity contribution is 9.10. The second-order valence-electron chi connectivity index (χ2n) is 3.88. The van der Waals surface area contributed by atoms with Gasteiger partial charge in [0.05, 0.1) is 6.61 Å². The van der Waals surface area contributed by atoms with Crippen LogP contribution in [0.5, 0.6) is 5.75 Å². The number of ether oxygens (including phenoxy) is 1. The lowest BCUT2D eigenvalue weighted by molar-refractivity contribution is 0.240. The van der Waals surface area contributed by atoms with E-state index in [-0.39, 0.29) is 0 Å². The highest BCUT2D eigenvalue weighted by atomic mass is 79.9. The van der Waals surface area contributed by atoms with Crippen molar-refractivity contribution in [3.63, 3.8) is 0 Å². The van der Waals surface area contributed by atoms with Crippen LogP contribution in [0.3, 0.4) is 0 Å². The van der Waals surface area contributed by atoms with E-state index in [0.29, 0.717) is 5.92 Å². The summed E-state index contributed by atoms with van der Waals surface area (Å²) in [6.45, 7) is 5.24. The van der Waals surface area contributed by atoms with Gasteiger partial charge in [0, 0.05) is 9.80 Å². The van der Waals surface area contributed by atoms with Gasteiger partial charge in [0.15, 0.2) is 0 Å². The van der Waals surface area contributed by atoms with Crippen molar-refractivity contribution in [1.29, 1.82) is 0 Å². The van der Waals surface area contributed by atoms with Crippen LogP contribution < -0.4 is 4.74 Å². The molecule has 1 aromatic rings. The monoisotopic (exact) mass is 348 g/mol. The van der Waals surface area contributed by atoms with E-state index < -0.39 is 0 Å². The number of rotatable bonds is 6. The number of hydrogen-bond acceptors (Lipinski definition) is 1. The van der Waals surface area contributed by atoms with E-state index in [0.717, 1.165) is 22.2 Å². The Balaban J connectivity index is 2.60. The molecular weight excluding hydrogens is 332 g/mol. The van der Waals surface area contributed by atoms with E-state index in [2.05, 4.69) is 51.8 Å². The second kappa shape index (κ2) is 7.33. The lowest BCUT2D eigenvalue weighted by Gasteiger charge is -2.14. The Labute approximate surface area is 115 Å². The van der Waals surface area contributed by atoms with E-state index >= 15 is 0 Å². The van der Waals surface area contributed by atoms with Crippen LogP contribution in [0.15, 0.2) is 22.7 Å². The zero-order valence-electron chi connectivity index (χ0n) is 9.80. The molecule has 0 spiro atoms. The number of alkyl halides is 1. The average molecular weight is 350 g/mol. The fourth-order valence-corrected chi connectivity index (χ4v) is 2.71. The summed E-state index contributed by atoms with van der Waals surface area (Å²) in [5.41, 5.74) is 1.22. The molecule has 0 amide bonds. The van der Waals surface area contributed by atoms with Crippen molar-refractivity contribution in [3.05, 3.63) is 28.2 Å². The summed E-state index contributed by atoms with van der Waals surface area (Å²) in [5.74, 6) is 1.63. The van der Waals surface area contributed by atoms with Crippen molar-refractivity contribution in [2.75, 3.05) is 6.61 Å². The predicted molar refractivity (Wildman–Crippen MR) is 76.3 cm³/mol. The van der Waals surface area contributed by atoms with Crippen molar-refractivity contribution in [2.45, 2.75) is 32.0 Å². The molecule has 0 N–H and O–H groups in total. The van der Waals surface area contributed by atoms with Crippen molar-refractivity contribution < 1.29 is 4.74 Å². The van der Waals surface area contributed by atoms with Crippen molar-refractivity contribution in [1.82, 2.24) is 0 Å². The minimum atomic E-state index is 0.663. The Morgan fingerprint density at radius 2 is 1.94 bits per heavy atom.